The highest BCUT2D eigenvalue weighted by Crippen LogP contribution is 2.26. The van der Waals surface area contributed by atoms with Gasteiger partial charge in [-0.1, -0.05) is 18.2 Å². The van der Waals surface area contributed by atoms with Gasteiger partial charge in [-0.25, -0.2) is 0 Å². The number of aryl methyl sites for hydroxylation is 1. The van der Waals surface area contributed by atoms with Gasteiger partial charge >= 0.3 is 0 Å². The topological polar surface area (TPSA) is 24.5 Å². The largest absolute Gasteiger partial charge is 0.376 e. The van der Waals surface area contributed by atoms with Gasteiger partial charge in [0, 0.05) is 18.8 Å². The van der Waals surface area contributed by atoms with E-state index in [9.17, 15) is 0 Å². The van der Waals surface area contributed by atoms with Gasteiger partial charge in [0.15, 0.2) is 0 Å². The molecule has 1 fully saturated rings. The van der Waals surface area contributed by atoms with Crippen LogP contribution in [0.15, 0.2) is 24.3 Å². The molecule has 0 spiro atoms. The third kappa shape index (κ3) is 3.28. The van der Waals surface area contributed by atoms with Crippen molar-refractivity contribution in [2.75, 3.05) is 37.7 Å². The molecule has 0 unspecified atom stereocenters. The fourth-order valence-corrected chi connectivity index (χ4v) is 3.14. The number of ether oxygens (including phenoxy) is 1. The smallest absolute Gasteiger partial charge is 0.0645 e. The Morgan fingerprint density at radius 1 is 1.21 bits per heavy atom. The van der Waals surface area contributed by atoms with E-state index in [1.54, 1.807) is 0 Å². The summed E-state index contributed by atoms with van der Waals surface area (Å²) in [5.41, 5.74) is 2.92. The van der Waals surface area contributed by atoms with Crippen LogP contribution in [0.4, 0.5) is 5.69 Å². The molecular weight excluding hydrogens is 236 g/mol. The summed E-state index contributed by atoms with van der Waals surface area (Å²) in [5, 5.41) is 3.38. The molecule has 3 nitrogen and oxygen atoms in total. The lowest BCUT2D eigenvalue weighted by molar-refractivity contribution is 0.0371. The summed E-state index contributed by atoms with van der Waals surface area (Å²) < 4.78 is 6.02. The fraction of sp³-hybridized carbons (Fsp3) is 0.625. The highest BCUT2D eigenvalue weighted by atomic mass is 16.5. The lowest BCUT2D eigenvalue weighted by Crippen LogP contribution is -2.36. The van der Waals surface area contributed by atoms with Gasteiger partial charge < -0.3 is 15.0 Å². The van der Waals surface area contributed by atoms with Crippen molar-refractivity contribution in [3.63, 3.8) is 0 Å². The highest BCUT2D eigenvalue weighted by molar-refractivity contribution is 5.55. The van der Waals surface area contributed by atoms with Crippen molar-refractivity contribution in [3.8, 4) is 0 Å². The number of para-hydroxylation sites is 1. The van der Waals surface area contributed by atoms with Gasteiger partial charge in [-0.05, 0) is 50.4 Å². The van der Waals surface area contributed by atoms with E-state index in [4.69, 9.17) is 4.74 Å². The first kappa shape index (κ1) is 12.9. The lowest BCUT2D eigenvalue weighted by Gasteiger charge is -2.32. The van der Waals surface area contributed by atoms with Crippen LogP contribution in [0, 0.1) is 0 Å². The van der Waals surface area contributed by atoms with Crippen LogP contribution in [0.2, 0.25) is 0 Å². The lowest BCUT2D eigenvalue weighted by atomic mass is 10.0. The van der Waals surface area contributed by atoms with Crippen molar-refractivity contribution in [2.24, 2.45) is 0 Å². The number of anilines is 1. The van der Waals surface area contributed by atoms with Crippen LogP contribution in [0.5, 0.6) is 0 Å². The van der Waals surface area contributed by atoms with Gasteiger partial charge in [0.2, 0.25) is 0 Å². The number of nitrogens with zero attached hydrogens (tertiary/aromatic N) is 1. The van der Waals surface area contributed by atoms with Crippen LogP contribution in [0.25, 0.3) is 0 Å². The normalized spacial score (nSPS) is 20.3. The Morgan fingerprint density at radius 3 is 2.95 bits per heavy atom. The minimum absolute atomic E-state index is 0.473. The molecule has 19 heavy (non-hydrogen) atoms. The number of fused-ring (bicyclic) bond motifs is 1. The van der Waals surface area contributed by atoms with Crippen molar-refractivity contribution < 1.29 is 4.74 Å². The highest BCUT2D eigenvalue weighted by Gasteiger charge is 2.17. The van der Waals surface area contributed by atoms with E-state index in [1.165, 1.54) is 30.6 Å². The van der Waals surface area contributed by atoms with Gasteiger partial charge in [-0.3, -0.25) is 0 Å². The average Bonchev–Trinajstić information content (AvgIpc) is 2.49. The third-order valence-electron chi connectivity index (χ3n) is 4.21. The third-order valence-corrected chi connectivity index (χ3v) is 4.21. The molecule has 2 heterocycles. The number of piperidine rings is 1. The van der Waals surface area contributed by atoms with E-state index in [-0.39, 0.29) is 0 Å². The van der Waals surface area contributed by atoms with Crippen LogP contribution in [-0.4, -0.2) is 38.9 Å². The maximum absolute atomic E-state index is 6.02. The molecule has 1 saturated heterocycles. The number of hydrogen-bond donors (Lipinski definition) is 1. The van der Waals surface area contributed by atoms with Crippen LogP contribution in [0.3, 0.4) is 0 Å². The van der Waals surface area contributed by atoms with Crippen molar-refractivity contribution in [1.82, 2.24) is 5.32 Å². The Morgan fingerprint density at radius 2 is 2.05 bits per heavy atom. The summed E-state index contributed by atoms with van der Waals surface area (Å²) in [5.74, 6) is 0. The van der Waals surface area contributed by atoms with Crippen molar-refractivity contribution in [3.05, 3.63) is 29.8 Å². The second-order valence-electron chi connectivity index (χ2n) is 5.54. The Kier molecular flexibility index (Phi) is 4.36. The Bertz CT molecular complexity index is 401. The van der Waals surface area contributed by atoms with Crippen molar-refractivity contribution in [1.29, 1.82) is 0 Å². The molecule has 2 aliphatic rings. The number of nitrogens with one attached hydrogen (secondary N) is 1. The molecule has 0 atom stereocenters. The molecule has 104 valence electrons. The maximum Gasteiger partial charge on any atom is 0.0645 e. The minimum Gasteiger partial charge on any atom is -0.376 e. The molecular formula is C16H24N2O. The van der Waals surface area contributed by atoms with Crippen molar-refractivity contribution in [2.45, 2.75) is 31.8 Å². The molecule has 1 aromatic rings. The SMILES string of the molecule is c1ccc2c(c1)CCCN2CCOC1CCNCC1. The molecule has 3 heteroatoms. The predicted molar refractivity (Wildman–Crippen MR) is 78.8 cm³/mol. The second kappa shape index (κ2) is 6.40. The standard InChI is InChI=1S/C16H24N2O/c1-2-6-16-14(4-1)5-3-11-18(16)12-13-19-15-7-9-17-10-8-15/h1-2,4,6,15,17H,3,5,7-13H2. The Balaban J connectivity index is 1.50. The molecule has 0 amide bonds. The van der Waals surface area contributed by atoms with Crippen molar-refractivity contribution >= 4 is 5.69 Å². The van der Waals surface area contributed by atoms with Crippen LogP contribution < -0.4 is 10.2 Å². The zero-order chi connectivity index (χ0) is 12.9. The van der Waals surface area contributed by atoms with Gasteiger partial charge in [0.05, 0.1) is 12.7 Å². The number of benzene rings is 1. The van der Waals surface area contributed by atoms with Gasteiger partial charge in [0.1, 0.15) is 0 Å². The van der Waals surface area contributed by atoms with Gasteiger partial charge in [0.25, 0.3) is 0 Å². The van der Waals surface area contributed by atoms with Crippen LogP contribution in [0.1, 0.15) is 24.8 Å². The van der Waals surface area contributed by atoms with Gasteiger partial charge in [-0.2, -0.15) is 0 Å². The van der Waals surface area contributed by atoms with E-state index in [0.29, 0.717) is 6.10 Å². The minimum atomic E-state index is 0.473. The summed E-state index contributed by atoms with van der Waals surface area (Å²) in [4.78, 5) is 2.49. The monoisotopic (exact) mass is 260 g/mol. The average molecular weight is 260 g/mol. The van der Waals surface area contributed by atoms with E-state index >= 15 is 0 Å². The molecule has 2 aliphatic heterocycles. The molecule has 0 aromatic heterocycles. The summed E-state index contributed by atoms with van der Waals surface area (Å²) in [6.07, 6.45) is 5.29. The molecule has 0 bridgehead atoms. The van der Waals surface area contributed by atoms with E-state index in [1.807, 2.05) is 0 Å². The first-order valence-corrected chi connectivity index (χ1v) is 7.58. The van der Waals surface area contributed by atoms with Gasteiger partial charge in [-0.15, -0.1) is 0 Å². The van der Waals surface area contributed by atoms with E-state index in [0.717, 1.165) is 39.1 Å². The molecule has 3 rings (SSSR count). The number of hydrogen-bond acceptors (Lipinski definition) is 3. The predicted octanol–water partition coefficient (Wildman–Crippen LogP) is 2.21. The number of rotatable bonds is 4. The molecule has 0 radical (unpaired) electrons. The van der Waals surface area contributed by atoms with Crippen LogP contribution in [-0.2, 0) is 11.2 Å². The van der Waals surface area contributed by atoms with E-state index in [2.05, 4.69) is 34.5 Å². The molecule has 0 aliphatic carbocycles. The summed E-state index contributed by atoms with van der Waals surface area (Å²) >= 11 is 0. The molecule has 1 aromatic carbocycles. The Labute approximate surface area is 115 Å². The first-order valence-electron chi connectivity index (χ1n) is 7.58. The zero-order valence-electron chi connectivity index (χ0n) is 11.6. The first-order chi connectivity index (χ1) is 9.43. The fourth-order valence-electron chi connectivity index (χ4n) is 3.14. The second-order valence-corrected chi connectivity index (χ2v) is 5.54. The Hall–Kier alpha value is -1.06. The molecule has 0 saturated carbocycles. The van der Waals surface area contributed by atoms with E-state index < -0.39 is 0 Å². The summed E-state index contributed by atoms with van der Waals surface area (Å²) in [6.45, 7) is 5.28. The zero-order valence-corrected chi connectivity index (χ0v) is 11.6. The quantitative estimate of drug-likeness (QED) is 0.898. The summed E-state index contributed by atoms with van der Waals surface area (Å²) in [6, 6.07) is 8.80. The maximum atomic E-state index is 6.02. The summed E-state index contributed by atoms with van der Waals surface area (Å²) in [7, 11) is 0. The van der Waals surface area contributed by atoms with Crippen LogP contribution >= 0.6 is 0 Å². The molecule has 1 N–H and O–H groups in total.